The van der Waals surface area contributed by atoms with Crippen LogP contribution in [-0.2, 0) is 6.42 Å². The van der Waals surface area contributed by atoms with Gasteiger partial charge in [0, 0.05) is 16.9 Å². The van der Waals surface area contributed by atoms with Crippen LogP contribution in [0.2, 0.25) is 0 Å². The lowest BCUT2D eigenvalue weighted by molar-refractivity contribution is 0.472. The lowest BCUT2D eigenvalue weighted by atomic mass is 9.95. The van der Waals surface area contributed by atoms with E-state index in [1.165, 1.54) is 25.7 Å². The molecular weight excluding hydrogens is 244 g/mol. The summed E-state index contributed by atoms with van der Waals surface area (Å²) in [5.41, 5.74) is 6.93. The molecule has 0 bridgehead atoms. The van der Waals surface area contributed by atoms with Gasteiger partial charge in [-0.1, -0.05) is 6.92 Å². The van der Waals surface area contributed by atoms with Crippen LogP contribution in [0, 0.1) is 0 Å². The van der Waals surface area contributed by atoms with E-state index in [-0.39, 0.29) is 0 Å². The third-order valence-electron chi connectivity index (χ3n) is 3.68. The largest absolute Gasteiger partial charge is 0.383 e. The summed E-state index contributed by atoms with van der Waals surface area (Å²) in [4.78, 5) is 8.39. The number of nitrogens with two attached hydrogens (primary N) is 1. The second-order valence-corrected chi connectivity index (χ2v) is 5.93. The number of hydrogen-bond donors (Lipinski definition) is 2. The molecule has 0 spiro atoms. The first-order valence-corrected chi connectivity index (χ1v) is 7.92. The van der Waals surface area contributed by atoms with E-state index in [9.17, 15) is 0 Å². The molecule has 1 aromatic rings. The number of thioether (sulfide) groups is 1. The third kappa shape index (κ3) is 3.07. The van der Waals surface area contributed by atoms with E-state index in [2.05, 4.69) is 28.5 Å². The Morgan fingerprint density at radius 2 is 2.06 bits per heavy atom. The fourth-order valence-corrected chi connectivity index (χ4v) is 3.28. The van der Waals surface area contributed by atoms with Crippen molar-refractivity contribution in [3.63, 3.8) is 0 Å². The fraction of sp³-hybridized carbons (Fsp3) is 0.692. The average molecular weight is 266 g/mol. The number of nitrogens with one attached hydrogen (secondary N) is 1. The van der Waals surface area contributed by atoms with E-state index in [0.717, 1.165) is 23.1 Å². The molecule has 4 nitrogen and oxygen atoms in total. The number of hydrogen-bond acceptors (Lipinski definition) is 5. The topological polar surface area (TPSA) is 63.8 Å². The molecule has 0 amide bonds. The summed E-state index contributed by atoms with van der Waals surface area (Å²) < 4.78 is 0. The maximum absolute atomic E-state index is 5.89. The van der Waals surface area contributed by atoms with Crippen molar-refractivity contribution < 1.29 is 0 Å². The minimum Gasteiger partial charge on any atom is -0.383 e. The summed E-state index contributed by atoms with van der Waals surface area (Å²) in [6.07, 6.45) is 9.65. The molecule has 1 heterocycles. The van der Waals surface area contributed by atoms with Gasteiger partial charge in [0.25, 0.3) is 0 Å². The number of aromatic nitrogens is 2. The summed E-state index contributed by atoms with van der Waals surface area (Å²) in [5.74, 6) is 1.53. The van der Waals surface area contributed by atoms with Gasteiger partial charge in [-0.15, -0.1) is 0 Å². The molecule has 0 unspecified atom stereocenters. The summed E-state index contributed by atoms with van der Waals surface area (Å²) in [7, 11) is 0. The molecule has 0 aliphatic heterocycles. The van der Waals surface area contributed by atoms with Crippen molar-refractivity contribution in [2.24, 2.45) is 0 Å². The molecule has 100 valence electrons. The summed E-state index contributed by atoms with van der Waals surface area (Å²) >= 11 is 1.99. The highest BCUT2D eigenvalue weighted by molar-refractivity contribution is 7.99. The van der Waals surface area contributed by atoms with E-state index >= 15 is 0 Å². The quantitative estimate of drug-likeness (QED) is 0.877. The summed E-state index contributed by atoms with van der Waals surface area (Å²) in [6, 6.07) is 0.535. The molecule has 1 aliphatic carbocycles. The van der Waals surface area contributed by atoms with Crippen molar-refractivity contribution in [3.8, 4) is 0 Å². The minimum absolute atomic E-state index is 0.535. The first-order chi connectivity index (χ1) is 8.74. The Bertz CT molecular complexity index is 389. The number of anilines is 2. The van der Waals surface area contributed by atoms with Crippen LogP contribution in [0.5, 0.6) is 0 Å². The van der Waals surface area contributed by atoms with Gasteiger partial charge in [-0.25, -0.2) is 9.97 Å². The van der Waals surface area contributed by atoms with E-state index in [0.29, 0.717) is 11.9 Å². The van der Waals surface area contributed by atoms with Crippen molar-refractivity contribution in [2.75, 3.05) is 17.3 Å². The van der Waals surface area contributed by atoms with E-state index in [1.807, 2.05) is 11.8 Å². The second kappa shape index (κ2) is 6.27. The molecule has 0 saturated heterocycles. The van der Waals surface area contributed by atoms with Gasteiger partial charge in [-0.05, 0) is 38.4 Å². The van der Waals surface area contributed by atoms with Gasteiger partial charge in [-0.2, -0.15) is 11.8 Å². The van der Waals surface area contributed by atoms with Crippen molar-refractivity contribution in [1.29, 1.82) is 0 Å². The van der Waals surface area contributed by atoms with E-state index in [4.69, 9.17) is 5.73 Å². The Morgan fingerprint density at radius 1 is 1.33 bits per heavy atom. The third-order valence-corrected chi connectivity index (χ3v) is 4.82. The van der Waals surface area contributed by atoms with Crippen molar-refractivity contribution >= 4 is 23.4 Å². The van der Waals surface area contributed by atoms with Crippen molar-refractivity contribution in [1.82, 2.24) is 9.97 Å². The molecule has 0 atom stereocenters. The van der Waals surface area contributed by atoms with E-state index < -0.39 is 0 Å². The average Bonchev–Trinajstić information content (AvgIpc) is 2.40. The maximum Gasteiger partial charge on any atom is 0.134 e. The Balaban J connectivity index is 2.00. The standard InChI is InChI=1S/C13H22N4S/c1-3-11-12(14)15-8-16-13(11)17-9-4-6-10(18-2)7-5-9/h8-10H,3-7H2,1-2H3,(H3,14,15,16,17). The van der Waals surface area contributed by atoms with Crippen LogP contribution < -0.4 is 11.1 Å². The van der Waals surface area contributed by atoms with Crippen LogP contribution in [0.4, 0.5) is 11.6 Å². The molecule has 18 heavy (non-hydrogen) atoms. The summed E-state index contributed by atoms with van der Waals surface area (Å²) in [6.45, 7) is 2.09. The number of nitrogens with zero attached hydrogens (tertiary/aromatic N) is 2. The smallest absolute Gasteiger partial charge is 0.134 e. The van der Waals surface area contributed by atoms with Crippen LogP contribution in [0.3, 0.4) is 0 Å². The SMILES string of the molecule is CCc1c(N)ncnc1NC1CCC(SC)CC1. The van der Waals surface area contributed by atoms with Crippen molar-refractivity contribution in [2.45, 2.75) is 50.3 Å². The first-order valence-electron chi connectivity index (χ1n) is 6.63. The van der Waals surface area contributed by atoms with Gasteiger partial charge in [0.2, 0.25) is 0 Å². The monoisotopic (exact) mass is 266 g/mol. The molecule has 1 aromatic heterocycles. The van der Waals surface area contributed by atoms with Crippen LogP contribution in [0.15, 0.2) is 6.33 Å². The first kappa shape index (κ1) is 13.5. The Labute approximate surface area is 113 Å². The molecule has 1 aliphatic rings. The minimum atomic E-state index is 0.535. The van der Waals surface area contributed by atoms with Crippen LogP contribution in [0.25, 0.3) is 0 Å². The van der Waals surface area contributed by atoms with E-state index in [1.54, 1.807) is 6.33 Å². The Kier molecular flexibility index (Phi) is 4.69. The highest BCUT2D eigenvalue weighted by Gasteiger charge is 2.21. The predicted octanol–water partition coefficient (Wildman–Crippen LogP) is 2.71. The lowest BCUT2D eigenvalue weighted by Crippen LogP contribution is -2.28. The highest BCUT2D eigenvalue weighted by Crippen LogP contribution is 2.29. The highest BCUT2D eigenvalue weighted by atomic mass is 32.2. The van der Waals surface area contributed by atoms with Gasteiger partial charge < -0.3 is 11.1 Å². The predicted molar refractivity (Wildman–Crippen MR) is 79.0 cm³/mol. The maximum atomic E-state index is 5.89. The normalized spacial score (nSPS) is 23.9. The van der Waals surface area contributed by atoms with Gasteiger partial charge in [-0.3, -0.25) is 0 Å². The molecular formula is C13H22N4S. The van der Waals surface area contributed by atoms with Gasteiger partial charge in [0.1, 0.15) is 18.0 Å². The summed E-state index contributed by atoms with van der Waals surface area (Å²) in [5, 5.41) is 4.38. The lowest BCUT2D eigenvalue weighted by Gasteiger charge is -2.29. The molecule has 1 saturated carbocycles. The van der Waals surface area contributed by atoms with Gasteiger partial charge >= 0.3 is 0 Å². The molecule has 0 radical (unpaired) electrons. The Morgan fingerprint density at radius 3 is 2.67 bits per heavy atom. The zero-order chi connectivity index (χ0) is 13.0. The van der Waals surface area contributed by atoms with Crippen LogP contribution in [0.1, 0.15) is 38.2 Å². The molecule has 5 heteroatoms. The zero-order valence-electron chi connectivity index (χ0n) is 11.1. The van der Waals surface area contributed by atoms with Gasteiger partial charge in [0.15, 0.2) is 0 Å². The zero-order valence-corrected chi connectivity index (χ0v) is 12.0. The fourth-order valence-electron chi connectivity index (χ4n) is 2.54. The van der Waals surface area contributed by atoms with Crippen LogP contribution in [-0.4, -0.2) is 27.5 Å². The molecule has 0 aromatic carbocycles. The van der Waals surface area contributed by atoms with Crippen molar-refractivity contribution in [3.05, 3.63) is 11.9 Å². The molecule has 1 fully saturated rings. The molecule has 3 N–H and O–H groups in total. The van der Waals surface area contributed by atoms with Gasteiger partial charge in [0.05, 0.1) is 0 Å². The molecule has 2 rings (SSSR count). The number of nitrogen functional groups attached to an aromatic ring is 1. The Hall–Kier alpha value is -0.970. The number of rotatable bonds is 4. The second-order valence-electron chi connectivity index (χ2n) is 4.79. The van der Waals surface area contributed by atoms with Crippen LogP contribution >= 0.6 is 11.8 Å².